The summed E-state index contributed by atoms with van der Waals surface area (Å²) in [5, 5.41) is 3.41. The molecule has 0 aromatic carbocycles. The first-order valence-corrected chi connectivity index (χ1v) is 9.28. The van der Waals surface area contributed by atoms with Crippen LogP contribution in [0.3, 0.4) is 0 Å². The van der Waals surface area contributed by atoms with Crippen LogP contribution >= 0.6 is 24.0 Å². The molecule has 1 rings (SSSR count). The Morgan fingerprint density at radius 1 is 1.27 bits per heavy atom. The van der Waals surface area contributed by atoms with Crippen molar-refractivity contribution in [3.63, 3.8) is 0 Å². The molecule has 0 saturated carbocycles. The van der Waals surface area contributed by atoms with E-state index in [1.165, 1.54) is 0 Å². The highest BCUT2D eigenvalue weighted by Gasteiger charge is 2.22. The van der Waals surface area contributed by atoms with Gasteiger partial charge in [0.25, 0.3) is 0 Å². The normalized spacial score (nSPS) is 15.8. The lowest BCUT2D eigenvalue weighted by molar-refractivity contribution is -0.127. The number of amides is 1. The zero-order valence-corrected chi connectivity index (χ0v) is 19.3. The molecule has 0 atom stereocenters. The largest absolute Gasteiger partial charge is 0.385 e. The van der Waals surface area contributed by atoms with E-state index in [-0.39, 0.29) is 36.4 Å². The number of halogens is 1. The third-order valence-electron chi connectivity index (χ3n) is 4.12. The summed E-state index contributed by atoms with van der Waals surface area (Å²) >= 11 is 0. The highest BCUT2D eigenvalue weighted by Crippen LogP contribution is 2.14. The molecule has 0 spiro atoms. The van der Waals surface area contributed by atoms with Crippen molar-refractivity contribution in [3.05, 3.63) is 0 Å². The number of piperidine rings is 1. The molecule has 0 unspecified atom stereocenters. The Bertz CT molecular complexity index is 411. The monoisotopic (exact) mass is 484 g/mol. The van der Waals surface area contributed by atoms with Crippen LogP contribution < -0.4 is 5.32 Å². The first kappa shape index (κ1) is 25.4. The van der Waals surface area contributed by atoms with E-state index in [9.17, 15) is 4.79 Å². The maximum Gasteiger partial charge on any atom is 0.243 e. The van der Waals surface area contributed by atoms with Crippen molar-refractivity contribution in [3.8, 4) is 0 Å². The van der Waals surface area contributed by atoms with Crippen molar-refractivity contribution in [2.75, 3.05) is 60.6 Å². The maximum atomic E-state index is 11.8. The Hall–Kier alpha value is -0.610. The highest BCUT2D eigenvalue weighted by atomic mass is 127. The van der Waals surface area contributed by atoms with Gasteiger partial charge in [0, 0.05) is 54.1 Å². The number of hydrogen-bond acceptors (Lipinski definition) is 4. The van der Waals surface area contributed by atoms with Crippen LogP contribution in [-0.4, -0.2) is 88.4 Å². The first-order valence-electron chi connectivity index (χ1n) is 9.28. The summed E-state index contributed by atoms with van der Waals surface area (Å²) in [6.45, 7) is 8.65. The van der Waals surface area contributed by atoms with E-state index in [0.717, 1.165) is 58.1 Å². The van der Waals surface area contributed by atoms with Gasteiger partial charge in [0.1, 0.15) is 6.54 Å². The highest BCUT2D eigenvalue weighted by molar-refractivity contribution is 14.0. The second-order valence-corrected chi connectivity index (χ2v) is 7.11. The maximum absolute atomic E-state index is 11.8. The van der Waals surface area contributed by atoms with Gasteiger partial charge in [-0.3, -0.25) is 4.79 Å². The molecule has 26 heavy (non-hydrogen) atoms. The Labute approximate surface area is 175 Å². The quantitative estimate of drug-likeness (QED) is 0.234. The predicted molar refractivity (Wildman–Crippen MR) is 116 cm³/mol. The zero-order chi connectivity index (χ0) is 18.7. The van der Waals surface area contributed by atoms with E-state index >= 15 is 0 Å². The number of carbonyl (C=O) groups excluding carboxylic acids is 1. The Morgan fingerprint density at radius 2 is 1.92 bits per heavy atom. The smallest absolute Gasteiger partial charge is 0.243 e. The molecule has 1 amide bonds. The molecule has 1 fully saturated rings. The van der Waals surface area contributed by atoms with Gasteiger partial charge in [-0.1, -0.05) is 13.8 Å². The number of likely N-dealkylation sites (N-methyl/N-ethyl adjacent to an activating group) is 1. The number of likely N-dealkylation sites (tertiary alicyclic amines) is 1. The topological polar surface area (TPSA) is 66.4 Å². The molecule has 1 aliphatic rings. The van der Waals surface area contributed by atoms with Crippen molar-refractivity contribution in [1.82, 2.24) is 15.1 Å². The minimum atomic E-state index is 0. The number of ether oxygens (including phenoxy) is 2. The fourth-order valence-corrected chi connectivity index (χ4v) is 2.53. The van der Waals surface area contributed by atoms with Crippen molar-refractivity contribution >= 4 is 35.8 Å². The van der Waals surface area contributed by atoms with Gasteiger partial charge in [0.15, 0.2) is 5.96 Å². The molecule has 0 radical (unpaired) electrons. The summed E-state index contributed by atoms with van der Waals surface area (Å²) in [6, 6.07) is 0. The van der Waals surface area contributed by atoms with Gasteiger partial charge in [-0.2, -0.15) is 0 Å². The molecule has 0 aliphatic carbocycles. The zero-order valence-electron chi connectivity index (χ0n) is 17.0. The molecule has 0 bridgehead atoms. The number of rotatable bonds is 9. The molecule has 154 valence electrons. The molecule has 1 heterocycles. The molecule has 8 heteroatoms. The number of nitrogens with one attached hydrogen (secondary N) is 1. The van der Waals surface area contributed by atoms with Crippen molar-refractivity contribution in [1.29, 1.82) is 0 Å². The number of hydrogen-bond donors (Lipinski definition) is 1. The Kier molecular flexibility index (Phi) is 14.1. The first-order chi connectivity index (χ1) is 11.9. The van der Waals surface area contributed by atoms with Crippen molar-refractivity contribution in [2.24, 2.45) is 10.9 Å². The fourth-order valence-electron chi connectivity index (χ4n) is 2.53. The van der Waals surface area contributed by atoms with Gasteiger partial charge in [-0.05, 0) is 25.2 Å². The van der Waals surface area contributed by atoms with Gasteiger partial charge in [-0.25, -0.2) is 4.99 Å². The minimum absolute atomic E-state index is 0. The van der Waals surface area contributed by atoms with Crippen LogP contribution in [0.1, 0.15) is 33.1 Å². The molecule has 0 aromatic rings. The summed E-state index contributed by atoms with van der Waals surface area (Å²) in [6.07, 6.45) is 3.21. The lowest BCUT2D eigenvalue weighted by Gasteiger charge is -2.34. The van der Waals surface area contributed by atoms with E-state index in [2.05, 4.69) is 29.1 Å². The van der Waals surface area contributed by atoms with Gasteiger partial charge in [-0.15, -0.1) is 24.0 Å². The van der Waals surface area contributed by atoms with E-state index < -0.39 is 0 Å². The van der Waals surface area contributed by atoms with E-state index in [0.29, 0.717) is 12.0 Å². The van der Waals surface area contributed by atoms with Crippen LogP contribution in [0, 0.1) is 5.92 Å². The lowest BCUT2D eigenvalue weighted by Crippen LogP contribution is -2.48. The summed E-state index contributed by atoms with van der Waals surface area (Å²) in [4.78, 5) is 20.2. The van der Waals surface area contributed by atoms with Crippen LogP contribution in [0.4, 0.5) is 0 Å². The molecular formula is C18H37IN4O3. The van der Waals surface area contributed by atoms with Gasteiger partial charge in [0.2, 0.25) is 5.91 Å². The second kappa shape index (κ2) is 14.4. The van der Waals surface area contributed by atoms with E-state index in [1.807, 2.05) is 0 Å². The van der Waals surface area contributed by atoms with Crippen molar-refractivity contribution in [2.45, 2.75) is 39.2 Å². The molecule has 7 nitrogen and oxygen atoms in total. The van der Waals surface area contributed by atoms with Crippen LogP contribution in [0.5, 0.6) is 0 Å². The predicted octanol–water partition coefficient (Wildman–Crippen LogP) is 1.81. The summed E-state index contributed by atoms with van der Waals surface area (Å²) < 4.78 is 11.0. The van der Waals surface area contributed by atoms with Crippen molar-refractivity contribution < 1.29 is 14.3 Å². The third-order valence-corrected chi connectivity index (χ3v) is 4.12. The molecule has 1 N–H and O–H groups in total. The summed E-state index contributed by atoms with van der Waals surface area (Å²) in [5.74, 6) is 1.37. The Balaban J connectivity index is 0.00000625. The third kappa shape index (κ3) is 10.5. The van der Waals surface area contributed by atoms with E-state index in [1.54, 1.807) is 26.1 Å². The minimum Gasteiger partial charge on any atom is -0.385 e. The van der Waals surface area contributed by atoms with Gasteiger partial charge >= 0.3 is 0 Å². The second-order valence-electron chi connectivity index (χ2n) is 7.11. The van der Waals surface area contributed by atoms with Gasteiger partial charge < -0.3 is 24.6 Å². The van der Waals surface area contributed by atoms with Gasteiger partial charge in [0.05, 0.1) is 6.10 Å². The molecular weight excluding hydrogens is 447 g/mol. The van der Waals surface area contributed by atoms with Crippen LogP contribution in [-0.2, 0) is 14.3 Å². The Morgan fingerprint density at radius 3 is 2.46 bits per heavy atom. The molecule has 0 aromatic heterocycles. The fraction of sp³-hybridized carbons (Fsp3) is 0.889. The van der Waals surface area contributed by atoms with Crippen LogP contribution in [0.15, 0.2) is 4.99 Å². The SMILES string of the molecule is COCCCOC1CCN(C(=NCC(=O)N(C)C)NCC(C)C)CC1.I. The van der Waals surface area contributed by atoms with Crippen LogP contribution in [0.2, 0.25) is 0 Å². The standard InChI is InChI=1S/C18H36N4O3.HI/c1-15(2)13-19-18(20-14-17(23)21(3)4)22-9-7-16(8-10-22)25-12-6-11-24-5;/h15-16H,6-14H2,1-5H3,(H,19,20);1H. The molecule has 1 aliphatic heterocycles. The average molecular weight is 484 g/mol. The van der Waals surface area contributed by atoms with Crippen LogP contribution in [0.25, 0.3) is 0 Å². The lowest BCUT2D eigenvalue weighted by atomic mass is 10.1. The number of aliphatic imine (C=N–C) groups is 1. The number of methoxy groups -OCH3 is 1. The summed E-state index contributed by atoms with van der Waals surface area (Å²) in [7, 11) is 5.22. The summed E-state index contributed by atoms with van der Waals surface area (Å²) in [5.41, 5.74) is 0. The number of carbonyl (C=O) groups is 1. The number of nitrogens with zero attached hydrogens (tertiary/aromatic N) is 3. The number of guanidine groups is 1. The average Bonchev–Trinajstić information content (AvgIpc) is 2.59. The molecule has 1 saturated heterocycles. The van der Waals surface area contributed by atoms with E-state index in [4.69, 9.17) is 9.47 Å².